The zero-order valence-corrected chi connectivity index (χ0v) is 31.8. The summed E-state index contributed by atoms with van der Waals surface area (Å²) in [6.45, 7) is 18.6. The Bertz CT molecular complexity index is 1820. The van der Waals surface area contributed by atoms with Gasteiger partial charge in [0.1, 0.15) is 0 Å². The molecule has 0 amide bonds. The Kier molecular flexibility index (Phi) is 9.27. The summed E-state index contributed by atoms with van der Waals surface area (Å²) < 4.78 is 11.8. The molecular formula is C41H48Cl2Zr. The Hall–Kier alpha value is -2.31. The van der Waals surface area contributed by atoms with E-state index in [0.29, 0.717) is 0 Å². The summed E-state index contributed by atoms with van der Waals surface area (Å²) in [6, 6.07) is 30.9. The van der Waals surface area contributed by atoms with E-state index in [4.69, 9.17) is 4.21 Å². The summed E-state index contributed by atoms with van der Waals surface area (Å²) in [5, 5.41) is 0. The number of fused-ring (bicyclic) bond motifs is 3. The van der Waals surface area contributed by atoms with Crippen LogP contribution in [0.5, 0.6) is 0 Å². The third kappa shape index (κ3) is 5.22. The average Bonchev–Trinajstić information content (AvgIpc) is 3.60. The van der Waals surface area contributed by atoms with Gasteiger partial charge in [-0.25, -0.2) is 0 Å². The predicted molar refractivity (Wildman–Crippen MR) is 197 cm³/mol. The standard InChI is InChI=1S/C21H25.2C7H7.C5H5.CH2.2ClH.Zr/c1-20(2,3)16-7-9-18-14(12-16)11-15-13-17(21(4,5)6)8-10-19(15)18;2*1-7-5-3-2-4-6-7;1-2-4-5-3-1;;;;/h7-10,12H,11H2,1-6H3;2*2-3,5-6H,1H3;1-3H,4H2;1H2;2*1H;. The van der Waals surface area contributed by atoms with Gasteiger partial charge in [-0.15, -0.1) is 24.8 Å². The van der Waals surface area contributed by atoms with Gasteiger partial charge in [-0.3, -0.25) is 0 Å². The second-order valence-corrected chi connectivity index (χ2v) is 27.9. The summed E-state index contributed by atoms with van der Waals surface area (Å²) in [7, 11) is 0. The van der Waals surface area contributed by atoms with Gasteiger partial charge in [0.25, 0.3) is 0 Å². The van der Waals surface area contributed by atoms with Gasteiger partial charge in [0.15, 0.2) is 0 Å². The fourth-order valence-corrected chi connectivity index (χ4v) is 24.9. The first-order valence-corrected chi connectivity index (χ1v) is 22.2. The maximum absolute atomic E-state index is 5.75. The number of rotatable bonds is 4. The Morgan fingerprint density at radius 1 is 0.682 bits per heavy atom. The average molecular weight is 703 g/mol. The van der Waals surface area contributed by atoms with Crippen molar-refractivity contribution in [3.63, 3.8) is 0 Å². The van der Waals surface area contributed by atoms with Crippen LogP contribution in [0.2, 0.25) is 0 Å². The molecule has 44 heavy (non-hydrogen) atoms. The van der Waals surface area contributed by atoms with Crippen LogP contribution in [0.1, 0.15) is 81.3 Å². The second kappa shape index (κ2) is 11.8. The van der Waals surface area contributed by atoms with E-state index in [1.807, 2.05) is 0 Å². The molecule has 230 valence electrons. The van der Waals surface area contributed by atoms with Crippen LogP contribution >= 0.6 is 24.8 Å². The minimum atomic E-state index is -4.81. The third-order valence-corrected chi connectivity index (χ3v) is 26.4. The van der Waals surface area contributed by atoms with E-state index in [1.54, 1.807) is 3.27 Å². The topological polar surface area (TPSA) is 0 Å². The van der Waals surface area contributed by atoms with E-state index in [1.165, 1.54) is 54.3 Å². The van der Waals surface area contributed by atoms with Crippen molar-refractivity contribution in [1.29, 1.82) is 0 Å². The molecule has 0 heterocycles. The third-order valence-electron chi connectivity index (χ3n) is 10.1. The Labute approximate surface area is 279 Å². The summed E-state index contributed by atoms with van der Waals surface area (Å²) >= 11 is -4.81. The molecule has 4 aromatic carbocycles. The molecule has 0 saturated heterocycles. The van der Waals surface area contributed by atoms with E-state index in [2.05, 4.69) is 152 Å². The predicted octanol–water partition coefficient (Wildman–Crippen LogP) is 9.55. The van der Waals surface area contributed by atoms with Gasteiger partial charge < -0.3 is 0 Å². The zero-order valence-electron chi connectivity index (χ0n) is 27.7. The molecule has 3 heteroatoms. The quantitative estimate of drug-likeness (QED) is 0.175. The first-order valence-electron chi connectivity index (χ1n) is 15.6. The molecule has 0 spiro atoms. The van der Waals surface area contributed by atoms with Gasteiger partial charge in [-0.2, -0.15) is 0 Å². The SMILES string of the molecule is Cl.Cl.[CH2]=[Zr]([C]1=CC=CC1)([c]1cccc(C)c1)([c]1cccc(C)c1)[c]1c(C(C)(C)C)ccc2c1Cc1cc(C(C)(C)C)ccc1-2. The first kappa shape index (κ1) is 34.6. The van der Waals surface area contributed by atoms with Gasteiger partial charge in [0.05, 0.1) is 0 Å². The monoisotopic (exact) mass is 700 g/mol. The van der Waals surface area contributed by atoms with Crippen molar-refractivity contribution in [2.45, 2.75) is 79.1 Å². The molecule has 4 aromatic rings. The molecule has 0 fully saturated rings. The van der Waals surface area contributed by atoms with E-state index >= 15 is 0 Å². The Morgan fingerprint density at radius 3 is 1.77 bits per heavy atom. The van der Waals surface area contributed by atoms with Crippen molar-refractivity contribution in [3.05, 3.63) is 134 Å². The molecule has 0 N–H and O–H groups in total. The molecule has 2 aliphatic carbocycles. The Balaban J connectivity index is 0.00000221. The molecule has 0 aromatic heterocycles. The van der Waals surface area contributed by atoms with Crippen LogP contribution in [0, 0.1) is 13.8 Å². The number of aryl methyl sites for hydroxylation is 2. The number of hydrogen-bond donors (Lipinski definition) is 0. The molecule has 0 saturated carbocycles. The first-order chi connectivity index (χ1) is 19.7. The molecule has 6 rings (SSSR count). The maximum atomic E-state index is 5.75. The van der Waals surface area contributed by atoms with Crippen LogP contribution in [0.25, 0.3) is 11.1 Å². The fourth-order valence-electron chi connectivity index (χ4n) is 7.82. The summed E-state index contributed by atoms with van der Waals surface area (Å²) in [5.74, 6) is 0. The van der Waals surface area contributed by atoms with Crippen molar-refractivity contribution in [2.75, 3.05) is 0 Å². The van der Waals surface area contributed by atoms with Crippen molar-refractivity contribution in [1.82, 2.24) is 0 Å². The van der Waals surface area contributed by atoms with Crippen LogP contribution in [0.4, 0.5) is 0 Å². The van der Waals surface area contributed by atoms with Crippen LogP contribution < -0.4 is 9.81 Å². The normalized spacial score (nSPS) is 14.3. The Morgan fingerprint density at radius 2 is 1.27 bits per heavy atom. The number of allylic oxidation sites excluding steroid dienone is 4. The molecule has 0 bridgehead atoms. The molecule has 0 unspecified atom stereocenters. The molecule has 0 atom stereocenters. The van der Waals surface area contributed by atoms with Crippen molar-refractivity contribution in [2.24, 2.45) is 0 Å². The molecule has 0 nitrogen and oxygen atoms in total. The van der Waals surface area contributed by atoms with Gasteiger partial charge in [0, 0.05) is 0 Å². The van der Waals surface area contributed by atoms with Crippen LogP contribution in [0.15, 0.2) is 100 Å². The minimum absolute atomic E-state index is 0. The molecule has 0 aliphatic heterocycles. The number of benzene rings is 4. The zero-order chi connectivity index (χ0) is 30.1. The summed E-state index contributed by atoms with van der Waals surface area (Å²) in [5.41, 5.74) is 11.3. The van der Waals surface area contributed by atoms with E-state index in [-0.39, 0.29) is 35.6 Å². The molecule has 2 aliphatic rings. The van der Waals surface area contributed by atoms with E-state index in [0.717, 1.165) is 12.8 Å². The molecular weight excluding hydrogens is 655 g/mol. The molecule has 0 radical (unpaired) electrons. The van der Waals surface area contributed by atoms with E-state index < -0.39 is 18.3 Å². The van der Waals surface area contributed by atoms with Crippen molar-refractivity contribution < 1.29 is 18.3 Å². The summed E-state index contributed by atoms with van der Waals surface area (Å²) in [4.78, 5) is 0. The van der Waals surface area contributed by atoms with Crippen molar-refractivity contribution in [3.8, 4) is 11.1 Å². The summed E-state index contributed by atoms with van der Waals surface area (Å²) in [6.07, 6.45) is 9.00. The van der Waals surface area contributed by atoms with Crippen LogP contribution in [-0.2, 0) is 35.5 Å². The van der Waals surface area contributed by atoms with Crippen LogP contribution in [-0.4, -0.2) is 4.21 Å². The van der Waals surface area contributed by atoms with Gasteiger partial charge in [0.2, 0.25) is 0 Å². The number of hydrogen-bond acceptors (Lipinski definition) is 0. The van der Waals surface area contributed by atoms with Gasteiger partial charge in [-0.1, -0.05) is 0 Å². The number of halogens is 2. The fraction of sp³-hybridized carbons (Fsp3) is 0.293. The van der Waals surface area contributed by atoms with Gasteiger partial charge >= 0.3 is 256 Å². The van der Waals surface area contributed by atoms with E-state index in [9.17, 15) is 0 Å². The van der Waals surface area contributed by atoms with Crippen molar-refractivity contribution >= 4 is 38.8 Å². The van der Waals surface area contributed by atoms with Crippen LogP contribution in [0.3, 0.4) is 0 Å². The van der Waals surface area contributed by atoms with Gasteiger partial charge in [-0.05, 0) is 0 Å². The second-order valence-electron chi connectivity index (χ2n) is 15.1.